The van der Waals surface area contributed by atoms with Crippen molar-refractivity contribution in [2.75, 3.05) is 28.2 Å². The zero-order chi connectivity index (χ0) is 24.0. The average molecular weight is 477 g/mol. The van der Waals surface area contributed by atoms with Gasteiger partial charge in [-0.25, -0.2) is 9.97 Å². The molecule has 34 heavy (non-hydrogen) atoms. The molecule has 0 saturated heterocycles. The van der Waals surface area contributed by atoms with Gasteiger partial charge < -0.3 is 19.9 Å². The van der Waals surface area contributed by atoms with Gasteiger partial charge in [0.2, 0.25) is 5.91 Å². The van der Waals surface area contributed by atoms with Crippen LogP contribution in [0.15, 0.2) is 30.5 Å². The number of pyridine rings is 1. The summed E-state index contributed by atoms with van der Waals surface area (Å²) < 4.78 is 4.00. The minimum absolute atomic E-state index is 0.0176. The van der Waals surface area contributed by atoms with Crippen molar-refractivity contribution < 1.29 is 4.79 Å². The maximum Gasteiger partial charge on any atom is 0.228 e. The van der Waals surface area contributed by atoms with E-state index in [1.807, 2.05) is 44.2 Å². The van der Waals surface area contributed by atoms with Crippen LogP contribution in [0.25, 0.3) is 22.3 Å². The number of nitrogens with zero attached hydrogens (tertiary/aromatic N) is 5. The number of H-pyrrole nitrogens is 1. The summed E-state index contributed by atoms with van der Waals surface area (Å²) in [7, 11) is 3.99. The molecule has 3 N–H and O–H groups in total. The molecule has 1 fully saturated rings. The molecule has 1 aliphatic carbocycles. The van der Waals surface area contributed by atoms with Crippen molar-refractivity contribution in [3.05, 3.63) is 42.0 Å². The van der Waals surface area contributed by atoms with Crippen molar-refractivity contribution in [1.82, 2.24) is 24.7 Å². The summed E-state index contributed by atoms with van der Waals surface area (Å²) >= 11 is 1.63. The predicted octanol–water partition coefficient (Wildman–Crippen LogP) is 4.78. The van der Waals surface area contributed by atoms with E-state index in [-0.39, 0.29) is 11.8 Å². The number of benzene rings is 1. The number of aryl methyl sites for hydroxylation is 2. The van der Waals surface area contributed by atoms with Gasteiger partial charge in [0.25, 0.3) is 0 Å². The Labute approximate surface area is 202 Å². The van der Waals surface area contributed by atoms with E-state index in [4.69, 9.17) is 0 Å². The maximum absolute atomic E-state index is 12.4. The van der Waals surface area contributed by atoms with Gasteiger partial charge in [-0.2, -0.15) is 5.10 Å². The average Bonchev–Trinajstić information content (AvgIpc) is 3.53. The highest BCUT2D eigenvalue weighted by Gasteiger charge is 2.30. The molecule has 3 aromatic heterocycles. The lowest BCUT2D eigenvalue weighted by atomic mass is 10.0. The molecule has 9 nitrogen and oxygen atoms in total. The SMILES string of the molecule is CSN(C)c1cc(-c2cnn(C)c2C)ccc1Nc1cc(NC(=O)C2CC2)nc2nc(C)[nH]c12. The van der Waals surface area contributed by atoms with Crippen molar-refractivity contribution in [2.24, 2.45) is 13.0 Å². The van der Waals surface area contributed by atoms with E-state index in [9.17, 15) is 4.79 Å². The summed E-state index contributed by atoms with van der Waals surface area (Å²) in [5, 5.41) is 10.9. The lowest BCUT2D eigenvalue weighted by Gasteiger charge is -2.22. The van der Waals surface area contributed by atoms with E-state index in [0.29, 0.717) is 11.5 Å². The van der Waals surface area contributed by atoms with Gasteiger partial charge in [0, 0.05) is 43.6 Å². The van der Waals surface area contributed by atoms with Gasteiger partial charge in [-0.1, -0.05) is 18.0 Å². The first-order valence-corrected chi connectivity index (χ1v) is 12.4. The van der Waals surface area contributed by atoms with Crippen molar-refractivity contribution in [3.63, 3.8) is 0 Å². The Balaban J connectivity index is 1.55. The van der Waals surface area contributed by atoms with Gasteiger partial charge in [0.05, 0.1) is 23.3 Å². The van der Waals surface area contributed by atoms with Gasteiger partial charge in [0.1, 0.15) is 17.2 Å². The van der Waals surface area contributed by atoms with Crippen LogP contribution >= 0.6 is 11.9 Å². The smallest absolute Gasteiger partial charge is 0.228 e. The molecule has 1 aromatic carbocycles. The summed E-state index contributed by atoms with van der Waals surface area (Å²) in [4.78, 5) is 24.7. The lowest BCUT2D eigenvalue weighted by molar-refractivity contribution is -0.117. The second kappa shape index (κ2) is 8.68. The summed E-state index contributed by atoms with van der Waals surface area (Å²) in [6.07, 6.45) is 5.82. The van der Waals surface area contributed by atoms with Gasteiger partial charge in [-0.15, -0.1) is 0 Å². The Morgan fingerprint density at radius 3 is 2.68 bits per heavy atom. The van der Waals surface area contributed by atoms with Crippen LogP contribution in [0.2, 0.25) is 0 Å². The number of hydrogen-bond donors (Lipinski definition) is 3. The highest BCUT2D eigenvalue weighted by Crippen LogP contribution is 2.38. The molecule has 0 radical (unpaired) electrons. The molecule has 10 heteroatoms. The Kier molecular flexibility index (Phi) is 5.68. The molecule has 1 amide bonds. The molecule has 0 bridgehead atoms. The fraction of sp³-hybridized carbons (Fsp3) is 0.333. The lowest BCUT2D eigenvalue weighted by Crippen LogP contribution is -2.14. The van der Waals surface area contributed by atoms with Crippen LogP contribution in [0.3, 0.4) is 0 Å². The number of rotatable bonds is 7. The van der Waals surface area contributed by atoms with Crippen LogP contribution < -0.4 is 14.9 Å². The minimum Gasteiger partial charge on any atom is -0.352 e. The molecule has 0 spiro atoms. The number of carbonyl (C=O) groups excluding carboxylic acids is 1. The zero-order valence-electron chi connectivity index (χ0n) is 19.9. The second-order valence-corrected chi connectivity index (χ2v) is 9.56. The Morgan fingerprint density at radius 2 is 2.00 bits per heavy atom. The van der Waals surface area contributed by atoms with Crippen LogP contribution in [-0.2, 0) is 11.8 Å². The third-order valence-corrected chi connectivity index (χ3v) is 6.95. The van der Waals surface area contributed by atoms with Crippen molar-refractivity contribution in [1.29, 1.82) is 0 Å². The number of aromatic nitrogens is 5. The number of fused-ring (bicyclic) bond motifs is 1. The monoisotopic (exact) mass is 476 g/mol. The van der Waals surface area contributed by atoms with Crippen LogP contribution in [0.4, 0.5) is 22.9 Å². The number of amides is 1. The Bertz CT molecular complexity index is 1390. The van der Waals surface area contributed by atoms with E-state index >= 15 is 0 Å². The summed E-state index contributed by atoms with van der Waals surface area (Å²) in [6.45, 7) is 3.96. The second-order valence-electron chi connectivity index (χ2n) is 8.64. The minimum atomic E-state index is 0.0176. The predicted molar refractivity (Wildman–Crippen MR) is 139 cm³/mol. The molecule has 1 aliphatic rings. The quantitative estimate of drug-likeness (QED) is 0.330. The van der Waals surface area contributed by atoms with Gasteiger partial charge in [-0.05, 0) is 44.4 Å². The van der Waals surface area contributed by atoms with E-state index in [1.54, 1.807) is 11.9 Å². The third kappa shape index (κ3) is 4.21. The molecular weight excluding hydrogens is 448 g/mol. The Morgan fingerprint density at radius 1 is 1.21 bits per heavy atom. The highest BCUT2D eigenvalue weighted by atomic mass is 32.2. The molecule has 0 unspecified atom stereocenters. The fourth-order valence-corrected chi connectivity index (χ4v) is 4.28. The molecule has 5 rings (SSSR count). The first-order valence-electron chi connectivity index (χ1n) is 11.2. The van der Waals surface area contributed by atoms with E-state index < -0.39 is 0 Å². The first-order chi connectivity index (χ1) is 16.3. The number of hydrogen-bond acceptors (Lipinski definition) is 7. The number of anilines is 4. The van der Waals surface area contributed by atoms with Crippen LogP contribution in [0, 0.1) is 19.8 Å². The summed E-state index contributed by atoms with van der Waals surface area (Å²) in [5.74, 6) is 1.38. The molecular formula is C24H28N8OS. The molecule has 1 saturated carbocycles. The molecule has 4 aromatic rings. The van der Waals surface area contributed by atoms with Crippen LogP contribution in [0.1, 0.15) is 24.4 Å². The largest absolute Gasteiger partial charge is 0.352 e. The van der Waals surface area contributed by atoms with Crippen molar-refractivity contribution in [3.8, 4) is 11.1 Å². The number of imidazole rings is 1. The highest BCUT2D eigenvalue weighted by molar-refractivity contribution is 7.99. The van der Waals surface area contributed by atoms with E-state index in [1.165, 1.54) is 0 Å². The first kappa shape index (κ1) is 22.3. The third-order valence-electron chi connectivity index (χ3n) is 6.21. The number of aromatic amines is 1. The normalized spacial score (nSPS) is 13.3. The Hall–Kier alpha value is -3.53. The van der Waals surface area contributed by atoms with E-state index in [0.717, 1.165) is 58.1 Å². The summed E-state index contributed by atoms with van der Waals surface area (Å²) in [5.41, 5.74) is 7.44. The number of nitrogens with one attached hydrogen (secondary N) is 3. The fourth-order valence-electron chi connectivity index (χ4n) is 3.93. The molecule has 0 aliphatic heterocycles. The van der Waals surface area contributed by atoms with Gasteiger partial charge in [0.15, 0.2) is 5.65 Å². The zero-order valence-corrected chi connectivity index (χ0v) is 20.7. The van der Waals surface area contributed by atoms with Gasteiger partial charge in [-0.3, -0.25) is 9.48 Å². The van der Waals surface area contributed by atoms with Crippen molar-refractivity contribution in [2.45, 2.75) is 26.7 Å². The van der Waals surface area contributed by atoms with Gasteiger partial charge >= 0.3 is 0 Å². The van der Waals surface area contributed by atoms with Crippen LogP contribution in [0.5, 0.6) is 0 Å². The molecule has 0 atom stereocenters. The molecule has 3 heterocycles. The van der Waals surface area contributed by atoms with Crippen molar-refractivity contribution >= 4 is 51.9 Å². The maximum atomic E-state index is 12.4. The standard InChI is InChI=1S/C24H28N8OS/c1-13-17(12-25-31(13)3)16-8-9-18(20(10-16)32(4)34-5)28-19-11-21(30-24(33)15-6-7-15)29-23-22(19)26-14(2)27-23/h8-12,15H,6-7H2,1-5H3,(H3,26,27,28,29,30,33). The van der Waals surface area contributed by atoms with Crippen LogP contribution in [-0.4, -0.2) is 43.9 Å². The topological polar surface area (TPSA) is 104 Å². The number of carbonyl (C=O) groups is 1. The van der Waals surface area contributed by atoms with E-state index in [2.05, 4.69) is 60.1 Å². The summed E-state index contributed by atoms with van der Waals surface area (Å²) in [6, 6.07) is 8.19. The molecule has 176 valence electrons.